The highest BCUT2D eigenvalue weighted by Gasteiger charge is 2.46. The normalized spacial score (nSPS) is 22.0. The van der Waals surface area contributed by atoms with Gasteiger partial charge >= 0.3 is 24.3 Å². The summed E-state index contributed by atoms with van der Waals surface area (Å²) in [6, 6.07) is 5.71. The highest BCUT2D eigenvalue weighted by molar-refractivity contribution is 5.73. The summed E-state index contributed by atoms with van der Waals surface area (Å²) in [5, 5.41) is 14.2. The van der Waals surface area contributed by atoms with Crippen LogP contribution < -0.4 is 0 Å². The van der Waals surface area contributed by atoms with E-state index in [-0.39, 0.29) is 0 Å². The molecule has 0 amide bonds. The van der Waals surface area contributed by atoms with Crippen LogP contribution in [-0.4, -0.2) is 94.7 Å². The van der Waals surface area contributed by atoms with E-state index in [2.05, 4.69) is 20.9 Å². The molecular weight excluding hydrogens is 524 g/mol. The lowest BCUT2D eigenvalue weighted by Gasteiger charge is -2.45. The highest BCUT2D eigenvalue weighted by atomic mass is 19.4. The van der Waals surface area contributed by atoms with E-state index in [9.17, 15) is 26.3 Å². The van der Waals surface area contributed by atoms with Crippen molar-refractivity contribution >= 4 is 11.9 Å². The number of carboxylic acids is 2. The number of aliphatic carboxylic acids is 2. The van der Waals surface area contributed by atoms with Gasteiger partial charge in [0.2, 0.25) is 0 Å². The number of pyridine rings is 1. The van der Waals surface area contributed by atoms with Crippen LogP contribution in [-0.2, 0) is 20.9 Å². The topological polar surface area (TPSA) is 103 Å². The van der Waals surface area contributed by atoms with Crippen molar-refractivity contribution in [3.63, 3.8) is 0 Å². The number of methoxy groups -OCH3 is 1. The van der Waals surface area contributed by atoms with Gasteiger partial charge in [-0.1, -0.05) is 12.5 Å². The van der Waals surface area contributed by atoms with Crippen LogP contribution in [0.15, 0.2) is 24.5 Å². The van der Waals surface area contributed by atoms with Gasteiger partial charge in [-0.05, 0) is 62.2 Å². The van der Waals surface area contributed by atoms with Crippen LogP contribution in [0.25, 0.3) is 0 Å². The largest absolute Gasteiger partial charge is 0.490 e. The van der Waals surface area contributed by atoms with Crippen LogP contribution >= 0.6 is 0 Å². The Morgan fingerprint density at radius 1 is 1.08 bits per heavy atom. The molecule has 1 spiro atoms. The maximum Gasteiger partial charge on any atom is 0.490 e. The Labute approximate surface area is 216 Å². The third-order valence-electron chi connectivity index (χ3n) is 7.13. The Morgan fingerprint density at radius 2 is 1.63 bits per heavy atom. The van der Waals surface area contributed by atoms with Crippen LogP contribution in [0.1, 0.15) is 44.1 Å². The van der Waals surface area contributed by atoms with Gasteiger partial charge in [-0.15, -0.1) is 0 Å². The van der Waals surface area contributed by atoms with Crippen molar-refractivity contribution in [2.45, 2.75) is 69.5 Å². The van der Waals surface area contributed by atoms with Gasteiger partial charge in [-0.2, -0.15) is 26.3 Å². The van der Waals surface area contributed by atoms with E-state index in [0.29, 0.717) is 11.5 Å². The third-order valence-corrected chi connectivity index (χ3v) is 7.13. The fourth-order valence-electron chi connectivity index (χ4n) is 5.00. The summed E-state index contributed by atoms with van der Waals surface area (Å²) in [6.45, 7) is 5.72. The standard InChI is InChI=1S/C20H31N3O.2C2HF3O2/c1-24-15-19-12-20(7-10-22(11-8-20)18-5-2-6-18)16-23(19)14-17-4-3-9-21-13-17;2*3-2(4,5)1(6)7/h3-4,9,13,18-19H,2,5-8,10-12,14-16H2,1H3;2*(H,6,7). The number of rotatable bonds is 5. The van der Waals surface area contributed by atoms with E-state index in [4.69, 9.17) is 24.5 Å². The number of piperidine rings is 1. The van der Waals surface area contributed by atoms with E-state index in [1.54, 1.807) is 0 Å². The molecule has 2 aliphatic heterocycles. The second kappa shape index (κ2) is 13.6. The molecule has 216 valence electrons. The van der Waals surface area contributed by atoms with Gasteiger partial charge in [0.05, 0.1) is 6.61 Å². The van der Waals surface area contributed by atoms with Crippen LogP contribution in [0.3, 0.4) is 0 Å². The summed E-state index contributed by atoms with van der Waals surface area (Å²) in [4.78, 5) is 27.5. The van der Waals surface area contributed by atoms with Gasteiger partial charge in [0.1, 0.15) is 0 Å². The first kappa shape index (κ1) is 31.8. The molecule has 1 saturated carbocycles. The minimum absolute atomic E-state index is 0.519. The predicted octanol–water partition coefficient (Wildman–Crippen LogP) is 4.20. The SMILES string of the molecule is COCC1CC2(CCN(C3CCC3)CC2)CN1Cc1cccnc1.O=C(O)C(F)(F)F.O=C(O)C(F)(F)F. The Hall–Kier alpha value is -2.45. The van der Waals surface area contributed by atoms with E-state index >= 15 is 0 Å². The summed E-state index contributed by atoms with van der Waals surface area (Å²) in [5.41, 5.74) is 1.84. The number of carboxylic acid groups (broad SMARTS) is 2. The second-order valence-corrected chi connectivity index (χ2v) is 9.81. The van der Waals surface area contributed by atoms with Crippen molar-refractivity contribution in [3.8, 4) is 0 Å². The van der Waals surface area contributed by atoms with Crippen LogP contribution in [0.2, 0.25) is 0 Å². The fraction of sp³-hybridized carbons (Fsp3) is 0.708. The van der Waals surface area contributed by atoms with Crippen molar-refractivity contribution in [2.75, 3.05) is 33.4 Å². The van der Waals surface area contributed by atoms with Gasteiger partial charge < -0.3 is 19.8 Å². The average Bonchev–Trinajstić information content (AvgIpc) is 3.11. The van der Waals surface area contributed by atoms with Crippen LogP contribution in [0, 0.1) is 5.41 Å². The van der Waals surface area contributed by atoms with Gasteiger partial charge in [0.25, 0.3) is 0 Å². The van der Waals surface area contributed by atoms with Gasteiger partial charge in [-0.3, -0.25) is 9.88 Å². The summed E-state index contributed by atoms with van der Waals surface area (Å²) in [7, 11) is 1.84. The zero-order chi connectivity index (χ0) is 28.6. The molecule has 0 aromatic carbocycles. The first-order valence-corrected chi connectivity index (χ1v) is 12.1. The number of carbonyl (C=O) groups is 2. The summed E-state index contributed by atoms with van der Waals surface area (Å²) < 4.78 is 69.0. The maximum absolute atomic E-state index is 10.6. The van der Waals surface area contributed by atoms with Crippen LogP contribution in [0.5, 0.6) is 0 Å². The first-order chi connectivity index (χ1) is 17.7. The molecule has 4 rings (SSSR count). The Kier molecular flexibility index (Phi) is 11.3. The number of aromatic nitrogens is 1. The van der Waals surface area contributed by atoms with E-state index in [1.165, 1.54) is 63.7 Å². The molecule has 1 aliphatic carbocycles. The van der Waals surface area contributed by atoms with E-state index in [1.807, 2.05) is 25.6 Å². The zero-order valence-electron chi connectivity index (χ0n) is 21.0. The number of hydrogen-bond donors (Lipinski definition) is 2. The predicted molar refractivity (Wildman–Crippen MR) is 123 cm³/mol. The van der Waals surface area contributed by atoms with Gasteiger partial charge in [-0.25, -0.2) is 9.59 Å². The van der Waals surface area contributed by atoms with Gasteiger partial charge in [0, 0.05) is 44.7 Å². The zero-order valence-corrected chi connectivity index (χ0v) is 21.0. The molecule has 38 heavy (non-hydrogen) atoms. The first-order valence-electron chi connectivity index (χ1n) is 12.1. The quantitative estimate of drug-likeness (QED) is 0.520. The molecule has 3 fully saturated rings. The molecule has 3 heterocycles. The lowest BCUT2D eigenvalue weighted by atomic mass is 9.75. The highest BCUT2D eigenvalue weighted by Crippen LogP contribution is 2.45. The maximum atomic E-state index is 10.6. The van der Waals surface area contributed by atoms with Gasteiger partial charge in [0.15, 0.2) is 0 Å². The van der Waals surface area contributed by atoms with Crippen LogP contribution in [0.4, 0.5) is 26.3 Å². The molecule has 1 unspecified atom stereocenters. The van der Waals surface area contributed by atoms with Crippen molar-refractivity contribution in [2.24, 2.45) is 5.41 Å². The molecule has 1 atom stereocenters. The monoisotopic (exact) mass is 557 g/mol. The second-order valence-electron chi connectivity index (χ2n) is 9.81. The molecule has 1 aromatic rings. The Bertz CT molecular complexity index is 864. The number of halogens is 6. The average molecular weight is 558 g/mol. The minimum atomic E-state index is -5.08. The molecule has 0 bridgehead atoms. The molecule has 14 heteroatoms. The number of nitrogens with zero attached hydrogens (tertiary/aromatic N) is 3. The van der Waals surface area contributed by atoms with Crippen molar-refractivity contribution in [1.82, 2.24) is 14.8 Å². The number of alkyl halides is 6. The minimum Gasteiger partial charge on any atom is -0.475 e. The molecule has 2 saturated heterocycles. The smallest absolute Gasteiger partial charge is 0.475 e. The molecule has 1 aromatic heterocycles. The van der Waals surface area contributed by atoms with Crippen molar-refractivity contribution in [1.29, 1.82) is 0 Å². The molecule has 8 nitrogen and oxygen atoms in total. The fourth-order valence-corrected chi connectivity index (χ4v) is 5.00. The Morgan fingerprint density at radius 3 is 2.03 bits per heavy atom. The Balaban J connectivity index is 0.000000301. The van der Waals surface area contributed by atoms with E-state index in [0.717, 1.165) is 19.2 Å². The summed E-state index contributed by atoms with van der Waals surface area (Å²) in [5.74, 6) is -5.51. The number of hydrogen-bond acceptors (Lipinski definition) is 6. The summed E-state index contributed by atoms with van der Waals surface area (Å²) >= 11 is 0. The molecule has 2 N–H and O–H groups in total. The lowest BCUT2D eigenvalue weighted by Crippen LogP contribution is -2.48. The molecule has 0 radical (unpaired) electrons. The number of ether oxygens (including phenoxy) is 1. The molecule has 3 aliphatic rings. The summed E-state index contributed by atoms with van der Waals surface area (Å²) in [6.07, 6.45) is 2.06. The molecular formula is C24H33F6N3O5. The van der Waals surface area contributed by atoms with E-state index < -0.39 is 24.3 Å². The third kappa shape index (κ3) is 9.70. The van der Waals surface area contributed by atoms with Crippen molar-refractivity contribution < 1.29 is 50.9 Å². The lowest BCUT2D eigenvalue weighted by molar-refractivity contribution is -0.193. The number of likely N-dealkylation sites (tertiary alicyclic amines) is 2. The van der Waals surface area contributed by atoms with Crippen molar-refractivity contribution in [3.05, 3.63) is 30.1 Å².